The summed E-state index contributed by atoms with van der Waals surface area (Å²) in [5.74, 6) is 0.358. The van der Waals surface area contributed by atoms with E-state index >= 15 is 0 Å². The first kappa shape index (κ1) is 15.4. The zero-order chi connectivity index (χ0) is 15.5. The molecule has 0 saturated heterocycles. The molecule has 22 heavy (non-hydrogen) atoms. The lowest BCUT2D eigenvalue weighted by molar-refractivity contribution is -0.683. The number of halogens is 1. The van der Waals surface area contributed by atoms with Crippen LogP contribution in [-0.2, 0) is 11.8 Å². The molecule has 1 aromatic heterocycles. The second kappa shape index (κ2) is 6.70. The van der Waals surface area contributed by atoms with Crippen LogP contribution in [0.4, 0.5) is 5.69 Å². The van der Waals surface area contributed by atoms with Crippen LogP contribution in [0.15, 0.2) is 53.7 Å². The van der Waals surface area contributed by atoms with Crippen molar-refractivity contribution in [2.24, 2.45) is 7.05 Å². The van der Waals surface area contributed by atoms with E-state index in [0.717, 1.165) is 25.4 Å². The molecule has 0 bridgehead atoms. The fourth-order valence-electron chi connectivity index (χ4n) is 2.18. The summed E-state index contributed by atoms with van der Waals surface area (Å²) in [6, 6.07) is 15.9. The highest BCUT2D eigenvalue weighted by atomic mass is 127. The van der Waals surface area contributed by atoms with Gasteiger partial charge in [-0.3, -0.25) is 4.79 Å². The molecule has 1 amide bonds. The van der Waals surface area contributed by atoms with Gasteiger partial charge in [-0.2, -0.15) is 0 Å². The van der Waals surface area contributed by atoms with Gasteiger partial charge >= 0.3 is 5.16 Å². The van der Waals surface area contributed by atoms with Gasteiger partial charge in [0.25, 0.3) is 0 Å². The summed E-state index contributed by atoms with van der Waals surface area (Å²) in [5.41, 5.74) is 3.03. The van der Waals surface area contributed by atoms with E-state index in [0.29, 0.717) is 5.75 Å². The van der Waals surface area contributed by atoms with Gasteiger partial charge in [-0.15, -0.1) is 0 Å². The van der Waals surface area contributed by atoms with Crippen LogP contribution in [0.1, 0.15) is 0 Å². The summed E-state index contributed by atoms with van der Waals surface area (Å²) < 4.78 is 3.22. The van der Waals surface area contributed by atoms with Crippen LogP contribution >= 0.6 is 34.4 Å². The van der Waals surface area contributed by atoms with E-state index in [1.807, 2.05) is 49.5 Å². The summed E-state index contributed by atoms with van der Waals surface area (Å²) in [6.07, 6.45) is 0. The summed E-state index contributed by atoms with van der Waals surface area (Å²) in [7, 11) is 2.00. The first-order chi connectivity index (χ1) is 10.6. The second-order valence-electron chi connectivity index (χ2n) is 4.85. The van der Waals surface area contributed by atoms with Gasteiger partial charge < -0.3 is 5.32 Å². The van der Waals surface area contributed by atoms with Crippen molar-refractivity contribution in [3.63, 3.8) is 0 Å². The van der Waals surface area contributed by atoms with Crippen molar-refractivity contribution in [1.29, 1.82) is 0 Å². The fraction of sp³-hybridized carbons (Fsp3) is 0.125. The van der Waals surface area contributed by atoms with Crippen molar-refractivity contribution in [2.75, 3.05) is 11.1 Å². The van der Waals surface area contributed by atoms with Crippen molar-refractivity contribution in [3.05, 3.63) is 52.1 Å². The molecule has 2 N–H and O–H groups in total. The zero-order valence-electron chi connectivity index (χ0n) is 12.0. The molecule has 0 unspecified atom stereocenters. The number of para-hydroxylation sites is 2. The van der Waals surface area contributed by atoms with Gasteiger partial charge in [0.1, 0.15) is 0 Å². The number of rotatable bonds is 4. The Bertz CT molecular complexity index is 814. The minimum atomic E-state index is -0.00938. The van der Waals surface area contributed by atoms with E-state index < -0.39 is 0 Å². The number of aromatic amines is 1. The van der Waals surface area contributed by atoms with E-state index in [4.69, 9.17) is 0 Å². The van der Waals surface area contributed by atoms with Gasteiger partial charge in [-0.25, -0.2) is 9.55 Å². The number of fused-ring (bicyclic) bond motifs is 1. The third-order valence-corrected chi connectivity index (χ3v) is 5.05. The normalized spacial score (nSPS) is 10.8. The molecule has 0 aliphatic carbocycles. The molecule has 0 spiro atoms. The van der Waals surface area contributed by atoms with E-state index in [1.165, 1.54) is 11.8 Å². The van der Waals surface area contributed by atoms with Gasteiger partial charge in [0.2, 0.25) is 5.91 Å². The quantitative estimate of drug-likeness (QED) is 0.384. The minimum absolute atomic E-state index is 0.00938. The molecule has 0 atom stereocenters. The topological polar surface area (TPSA) is 48.8 Å². The summed E-state index contributed by atoms with van der Waals surface area (Å²) in [6.45, 7) is 0. The number of carbonyl (C=O) groups excluding carboxylic acids is 1. The van der Waals surface area contributed by atoms with E-state index in [2.05, 4.69) is 43.5 Å². The summed E-state index contributed by atoms with van der Waals surface area (Å²) >= 11 is 3.74. The number of amides is 1. The maximum Gasteiger partial charge on any atom is 0.317 e. The number of carbonyl (C=O) groups is 1. The molecular formula is C16H15IN3OS+. The monoisotopic (exact) mass is 424 g/mol. The van der Waals surface area contributed by atoms with Gasteiger partial charge in [-0.1, -0.05) is 12.1 Å². The Morgan fingerprint density at radius 1 is 1.23 bits per heavy atom. The maximum atomic E-state index is 12.0. The number of benzene rings is 2. The summed E-state index contributed by atoms with van der Waals surface area (Å²) in [5, 5.41) is 3.88. The Kier molecular flexibility index (Phi) is 4.68. The van der Waals surface area contributed by atoms with Crippen LogP contribution in [0.25, 0.3) is 11.0 Å². The second-order valence-corrected chi connectivity index (χ2v) is 7.06. The van der Waals surface area contributed by atoms with Crippen LogP contribution in [0.2, 0.25) is 0 Å². The highest BCUT2D eigenvalue weighted by molar-refractivity contribution is 14.1. The lowest BCUT2D eigenvalue weighted by Gasteiger charge is -2.03. The standard InChI is InChI=1S/C16H14IN3OS/c1-20-14-5-3-2-4-13(14)19-16(20)22-10-15(21)18-12-8-6-11(17)7-9-12/h2-9H,10H2,1H3,(H,18,21)/p+1. The van der Waals surface area contributed by atoms with Crippen molar-refractivity contribution < 1.29 is 9.36 Å². The lowest BCUT2D eigenvalue weighted by atomic mass is 10.3. The van der Waals surface area contributed by atoms with Crippen LogP contribution in [0.3, 0.4) is 0 Å². The van der Waals surface area contributed by atoms with Crippen molar-refractivity contribution >= 4 is 57.0 Å². The molecule has 0 fully saturated rings. The molecule has 6 heteroatoms. The molecule has 1 heterocycles. The first-order valence-corrected chi connectivity index (χ1v) is 8.85. The largest absolute Gasteiger partial charge is 0.325 e. The third-order valence-electron chi connectivity index (χ3n) is 3.28. The molecule has 4 nitrogen and oxygen atoms in total. The van der Waals surface area contributed by atoms with Gasteiger partial charge in [0.05, 0.1) is 12.8 Å². The lowest BCUT2D eigenvalue weighted by Crippen LogP contribution is -2.29. The number of aryl methyl sites for hydroxylation is 1. The molecule has 0 saturated carbocycles. The number of hydrogen-bond donors (Lipinski definition) is 2. The molecule has 112 valence electrons. The van der Waals surface area contributed by atoms with Crippen LogP contribution < -0.4 is 9.88 Å². The molecule has 3 rings (SSSR count). The SMILES string of the molecule is C[n+]1c(SCC(=O)Nc2ccc(I)cc2)[nH]c2ccccc21. The predicted molar refractivity (Wildman–Crippen MR) is 98.0 cm³/mol. The number of H-pyrrole nitrogens is 1. The number of imidazole rings is 1. The Morgan fingerprint density at radius 2 is 1.95 bits per heavy atom. The number of nitrogens with one attached hydrogen (secondary N) is 2. The van der Waals surface area contributed by atoms with Crippen molar-refractivity contribution in [1.82, 2.24) is 4.98 Å². The Hall–Kier alpha value is -1.54. The first-order valence-electron chi connectivity index (χ1n) is 6.78. The fourth-order valence-corrected chi connectivity index (χ4v) is 3.35. The van der Waals surface area contributed by atoms with Gasteiger partial charge in [0.15, 0.2) is 11.0 Å². The van der Waals surface area contributed by atoms with E-state index in [9.17, 15) is 4.79 Å². The molecule has 2 aromatic carbocycles. The van der Waals surface area contributed by atoms with Gasteiger partial charge in [0, 0.05) is 9.26 Å². The smallest absolute Gasteiger partial charge is 0.317 e. The Labute approximate surface area is 146 Å². The molecule has 0 aliphatic rings. The third kappa shape index (κ3) is 3.44. The van der Waals surface area contributed by atoms with Crippen LogP contribution in [0.5, 0.6) is 0 Å². The number of aromatic nitrogens is 2. The molecular weight excluding hydrogens is 409 g/mol. The van der Waals surface area contributed by atoms with Crippen molar-refractivity contribution in [2.45, 2.75) is 5.16 Å². The Morgan fingerprint density at radius 3 is 2.68 bits per heavy atom. The number of hydrogen-bond acceptors (Lipinski definition) is 2. The van der Waals surface area contributed by atoms with E-state index in [-0.39, 0.29) is 5.91 Å². The maximum absolute atomic E-state index is 12.0. The predicted octanol–water partition coefficient (Wildman–Crippen LogP) is 3.33. The van der Waals surface area contributed by atoms with Crippen LogP contribution in [0, 0.1) is 3.57 Å². The van der Waals surface area contributed by atoms with E-state index in [1.54, 1.807) is 0 Å². The molecule has 3 aromatic rings. The molecule has 0 aliphatic heterocycles. The average Bonchev–Trinajstić information content (AvgIpc) is 2.84. The summed E-state index contributed by atoms with van der Waals surface area (Å²) in [4.78, 5) is 15.4. The highest BCUT2D eigenvalue weighted by Crippen LogP contribution is 2.18. The number of thioether (sulfide) groups is 1. The number of nitrogens with zero attached hydrogens (tertiary/aromatic N) is 1. The van der Waals surface area contributed by atoms with Crippen LogP contribution in [-0.4, -0.2) is 16.6 Å². The minimum Gasteiger partial charge on any atom is -0.325 e. The van der Waals surface area contributed by atoms with Gasteiger partial charge in [-0.05, 0) is 70.8 Å². The zero-order valence-corrected chi connectivity index (χ0v) is 14.9. The molecule has 0 radical (unpaired) electrons. The highest BCUT2D eigenvalue weighted by Gasteiger charge is 2.16. The average molecular weight is 424 g/mol. The van der Waals surface area contributed by atoms with Crippen molar-refractivity contribution in [3.8, 4) is 0 Å². The number of anilines is 1. The Balaban J connectivity index is 1.64.